The molecule has 0 bridgehead atoms. The monoisotopic (exact) mass is 206 g/mol. The molecule has 7 heteroatoms. The van der Waals surface area contributed by atoms with E-state index < -0.39 is 5.91 Å². The maximum absolute atomic E-state index is 11.0. The van der Waals surface area contributed by atoms with E-state index in [9.17, 15) is 10.0 Å². The normalized spacial score (nSPS) is 10.1. The second kappa shape index (κ2) is 3.37. The number of aromatic nitrogens is 3. The van der Waals surface area contributed by atoms with Crippen LogP contribution in [0.25, 0.3) is 11.4 Å². The van der Waals surface area contributed by atoms with Crippen molar-refractivity contribution in [3.8, 4) is 11.4 Å². The van der Waals surface area contributed by atoms with Gasteiger partial charge in [0.1, 0.15) is 5.69 Å². The fraction of sp³-hybridized carbons (Fsp3) is 0. The highest BCUT2D eigenvalue weighted by Crippen LogP contribution is 2.15. The van der Waals surface area contributed by atoms with Crippen molar-refractivity contribution in [3.05, 3.63) is 35.3 Å². The molecular weight excluding hydrogens is 200 g/mol. The summed E-state index contributed by atoms with van der Waals surface area (Å²) in [6.45, 7) is 0. The Labute approximate surface area is 83.7 Å². The predicted octanol–water partition coefficient (Wildman–Crippen LogP) is -0.531. The number of hydrogen-bond donors (Lipinski definition) is 1. The number of carbonyl (C=O) groups is 1. The molecule has 2 N–H and O–H groups in total. The van der Waals surface area contributed by atoms with Gasteiger partial charge < -0.3 is 10.9 Å². The minimum absolute atomic E-state index is 0.0354. The summed E-state index contributed by atoms with van der Waals surface area (Å²) in [7, 11) is 0. The molecule has 1 amide bonds. The van der Waals surface area contributed by atoms with Crippen LogP contribution in [0.15, 0.2) is 29.0 Å². The second-order valence-electron chi connectivity index (χ2n) is 2.71. The number of nitrogens with zero attached hydrogens (tertiary/aromatic N) is 3. The van der Waals surface area contributed by atoms with Gasteiger partial charge >= 0.3 is 0 Å². The molecule has 0 aliphatic carbocycles. The highest BCUT2D eigenvalue weighted by molar-refractivity contribution is 5.94. The Hall–Kier alpha value is -2.44. The number of amides is 1. The van der Waals surface area contributed by atoms with Crippen LogP contribution in [0, 0.1) is 5.21 Å². The fourth-order valence-electron chi connectivity index (χ4n) is 1.13. The van der Waals surface area contributed by atoms with E-state index in [4.69, 9.17) is 5.73 Å². The van der Waals surface area contributed by atoms with Gasteiger partial charge in [0.15, 0.2) is 0 Å². The molecule has 0 radical (unpaired) electrons. The fourth-order valence-corrected chi connectivity index (χ4v) is 1.13. The zero-order valence-electron chi connectivity index (χ0n) is 7.45. The maximum atomic E-state index is 11.0. The molecular formula is C8H6N4O3. The number of rotatable bonds is 2. The van der Waals surface area contributed by atoms with Gasteiger partial charge in [-0.2, -0.15) is 0 Å². The molecule has 2 rings (SSSR count). The Kier molecular flexibility index (Phi) is 2.05. The summed E-state index contributed by atoms with van der Waals surface area (Å²) in [4.78, 5) is 14.8. The van der Waals surface area contributed by atoms with Crippen LogP contribution in [0.5, 0.6) is 0 Å². The number of primary amides is 1. The van der Waals surface area contributed by atoms with Crippen molar-refractivity contribution in [1.82, 2.24) is 10.1 Å². The lowest BCUT2D eigenvalue weighted by Gasteiger charge is -1.92. The Balaban J connectivity index is 2.59. The van der Waals surface area contributed by atoms with Crippen LogP contribution < -0.4 is 10.6 Å². The summed E-state index contributed by atoms with van der Waals surface area (Å²) in [5.41, 5.74) is 5.05. The zero-order valence-corrected chi connectivity index (χ0v) is 7.45. The van der Waals surface area contributed by atoms with E-state index in [1.54, 1.807) is 18.2 Å². The van der Waals surface area contributed by atoms with Crippen LogP contribution >= 0.6 is 0 Å². The SMILES string of the molecule is NC(=O)c1c(-c2ccccn2)no[n+]1[O-]. The van der Waals surface area contributed by atoms with Gasteiger partial charge in [0.2, 0.25) is 0 Å². The van der Waals surface area contributed by atoms with Gasteiger partial charge in [-0.3, -0.25) is 14.4 Å². The van der Waals surface area contributed by atoms with Crippen molar-refractivity contribution < 1.29 is 14.3 Å². The largest absolute Gasteiger partial charge is 0.362 e. The van der Waals surface area contributed by atoms with E-state index in [1.807, 2.05) is 0 Å². The number of hydrogen-bond acceptors (Lipinski definition) is 5. The molecule has 0 aliphatic rings. The van der Waals surface area contributed by atoms with Crippen molar-refractivity contribution in [2.24, 2.45) is 5.73 Å². The Morgan fingerprint density at radius 3 is 2.93 bits per heavy atom. The van der Waals surface area contributed by atoms with Crippen molar-refractivity contribution in [3.63, 3.8) is 0 Å². The van der Waals surface area contributed by atoms with Gasteiger partial charge in [-0.15, -0.1) is 0 Å². The van der Waals surface area contributed by atoms with E-state index in [0.717, 1.165) is 0 Å². The van der Waals surface area contributed by atoms with Gasteiger partial charge in [-0.1, -0.05) is 6.07 Å². The smallest absolute Gasteiger partial charge is 0.297 e. The molecule has 0 unspecified atom stereocenters. The van der Waals surface area contributed by atoms with Crippen molar-refractivity contribution in [2.45, 2.75) is 0 Å². The second-order valence-corrected chi connectivity index (χ2v) is 2.71. The van der Waals surface area contributed by atoms with Gasteiger partial charge in [-0.25, -0.2) is 0 Å². The first-order chi connectivity index (χ1) is 7.20. The van der Waals surface area contributed by atoms with Crippen LogP contribution in [0.1, 0.15) is 10.5 Å². The van der Waals surface area contributed by atoms with Crippen LogP contribution in [-0.2, 0) is 0 Å². The average Bonchev–Trinajstić information content (AvgIpc) is 2.61. The molecule has 2 aromatic heterocycles. The summed E-state index contributed by atoms with van der Waals surface area (Å²) in [5.74, 6) is -0.910. The molecule has 0 saturated heterocycles. The van der Waals surface area contributed by atoms with Crippen molar-refractivity contribution in [1.29, 1.82) is 0 Å². The molecule has 0 atom stereocenters. The van der Waals surface area contributed by atoms with Gasteiger partial charge in [0, 0.05) is 11.4 Å². The maximum Gasteiger partial charge on any atom is 0.297 e. The molecule has 2 aromatic rings. The first kappa shape index (κ1) is 9.13. The number of carbonyl (C=O) groups excluding carboxylic acids is 1. The minimum atomic E-state index is -0.910. The summed E-state index contributed by atoms with van der Waals surface area (Å²) in [6.07, 6.45) is 1.50. The Morgan fingerprint density at radius 1 is 1.53 bits per heavy atom. The topological polar surface area (TPSA) is 109 Å². The van der Waals surface area contributed by atoms with E-state index in [2.05, 4.69) is 14.8 Å². The standard InChI is InChI=1S/C8H6N4O3/c9-8(13)7-6(11-15-12(7)14)5-3-1-2-4-10-5/h1-4H,(H2,9,13). The average molecular weight is 206 g/mol. The molecule has 0 aromatic carbocycles. The molecule has 0 fully saturated rings. The third kappa shape index (κ3) is 1.50. The van der Waals surface area contributed by atoms with E-state index in [0.29, 0.717) is 5.69 Å². The molecule has 0 saturated carbocycles. The lowest BCUT2D eigenvalue weighted by molar-refractivity contribution is -0.803. The van der Waals surface area contributed by atoms with E-state index in [-0.39, 0.29) is 16.3 Å². The lowest BCUT2D eigenvalue weighted by Crippen LogP contribution is -2.34. The van der Waals surface area contributed by atoms with E-state index in [1.165, 1.54) is 6.20 Å². The third-order valence-electron chi connectivity index (χ3n) is 1.75. The molecule has 2 heterocycles. The molecule has 0 spiro atoms. The van der Waals surface area contributed by atoms with E-state index >= 15 is 0 Å². The predicted molar refractivity (Wildman–Crippen MR) is 47.2 cm³/mol. The van der Waals surface area contributed by atoms with Gasteiger partial charge in [-0.05, 0) is 17.0 Å². The highest BCUT2D eigenvalue weighted by atomic mass is 16.8. The molecule has 0 aliphatic heterocycles. The van der Waals surface area contributed by atoms with Crippen LogP contribution in [0.4, 0.5) is 0 Å². The Morgan fingerprint density at radius 2 is 2.33 bits per heavy atom. The van der Waals surface area contributed by atoms with Crippen LogP contribution in [-0.4, -0.2) is 16.0 Å². The van der Waals surface area contributed by atoms with Gasteiger partial charge in [0.25, 0.3) is 17.3 Å². The van der Waals surface area contributed by atoms with Crippen LogP contribution in [0.3, 0.4) is 0 Å². The minimum Gasteiger partial charge on any atom is -0.362 e. The summed E-state index contributed by atoms with van der Waals surface area (Å²) >= 11 is 0. The van der Waals surface area contributed by atoms with Crippen LogP contribution in [0.2, 0.25) is 0 Å². The zero-order chi connectivity index (χ0) is 10.8. The molecule has 7 nitrogen and oxygen atoms in total. The quantitative estimate of drug-likeness (QED) is 0.664. The lowest BCUT2D eigenvalue weighted by atomic mass is 10.2. The first-order valence-corrected chi connectivity index (χ1v) is 4.01. The third-order valence-corrected chi connectivity index (χ3v) is 1.75. The summed E-state index contributed by atoms with van der Waals surface area (Å²) < 4.78 is 4.28. The van der Waals surface area contributed by atoms with Crippen molar-refractivity contribution in [2.75, 3.05) is 0 Å². The summed E-state index contributed by atoms with van der Waals surface area (Å²) in [5, 5.41) is 14.4. The summed E-state index contributed by atoms with van der Waals surface area (Å²) in [6, 6.07) is 4.97. The van der Waals surface area contributed by atoms with Crippen molar-refractivity contribution >= 4 is 5.91 Å². The molecule has 76 valence electrons. The number of nitrogens with two attached hydrogens (primary N) is 1. The van der Waals surface area contributed by atoms with Gasteiger partial charge in [0.05, 0.1) is 0 Å². The highest BCUT2D eigenvalue weighted by Gasteiger charge is 2.26. The Bertz CT molecular complexity index is 494. The first-order valence-electron chi connectivity index (χ1n) is 4.01. The molecule has 15 heavy (non-hydrogen) atoms. The number of pyridine rings is 1.